The maximum atomic E-state index is 2.67. The molecule has 0 radical (unpaired) electrons. The number of hydrogen-bond donors (Lipinski definition) is 0. The largest absolute Gasteiger partial charge is 0.0774 e. The van der Waals surface area contributed by atoms with Crippen LogP contribution in [0.25, 0.3) is 64.6 Å². The van der Waals surface area contributed by atoms with Crippen molar-refractivity contribution in [2.45, 2.75) is 130 Å². The molecule has 0 heterocycles. The van der Waals surface area contributed by atoms with Gasteiger partial charge in [0.1, 0.15) is 0 Å². The van der Waals surface area contributed by atoms with E-state index in [1.807, 2.05) is 10.4 Å². The predicted octanol–water partition coefficient (Wildman–Crippen LogP) is 13.2. The molecule has 6 heteroatoms. The number of rotatable bonds is 6. The molecular weight excluding hydrogens is 769 g/mol. The van der Waals surface area contributed by atoms with E-state index in [0.717, 1.165) is 0 Å². The van der Waals surface area contributed by atoms with Gasteiger partial charge in [0.05, 0.1) is 48.4 Å². The summed E-state index contributed by atoms with van der Waals surface area (Å²) in [7, 11) is -9.37. The van der Waals surface area contributed by atoms with Crippen LogP contribution in [0.2, 0.25) is 118 Å². The van der Waals surface area contributed by atoms with Crippen LogP contribution in [0.3, 0.4) is 0 Å². The second kappa shape index (κ2) is 10.8. The summed E-state index contributed by atoms with van der Waals surface area (Å²) < 4.78 is 0. The van der Waals surface area contributed by atoms with E-state index in [0.29, 0.717) is 11.8 Å². The van der Waals surface area contributed by atoms with E-state index in [4.69, 9.17) is 0 Å². The molecule has 0 fully saturated rings. The van der Waals surface area contributed by atoms with Crippen LogP contribution in [0, 0.1) is 0 Å². The highest BCUT2D eigenvalue weighted by Crippen LogP contribution is 2.68. The van der Waals surface area contributed by atoms with E-state index < -0.39 is 48.4 Å². The highest BCUT2D eigenvalue weighted by Gasteiger charge is 2.54. The van der Waals surface area contributed by atoms with E-state index in [-0.39, 0.29) is 0 Å². The summed E-state index contributed by atoms with van der Waals surface area (Å²) >= 11 is 0. The normalized spacial score (nSPS) is 18.8. The lowest BCUT2D eigenvalue weighted by molar-refractivity contribution is 0.784. The van der Waals surface area contributed by atoms with Gasteiger partial charge >= 0.3 is 0 Å². The lowest BCUT2D eigenvalue weighted by Crippen LogP contribution is -2.56. The summed E-state index contributed by atoms with van der Waals surface area (Å²) in [6.45, 7) is 46.6. The molecule has 288 valence electrons. The van der Waals surface area contributed by atoms with Crippen molar-refractivity contribution in [3.63, 3.8) is 0 Å². The molecule has 0 aromatic heterocycles. The lowest BCUT2D eigenvalue weighted by Gasteiger charge is -2.55. The minimum Gasteiger partial charge on any atom is -0.0730 e. The zero-order valence-electron chi connectivity index (χ0n) is 37.8. The zero-order chi connectivity index (χ0) is 40.5. The van der Waals surface area contributed by atoms with Gasteiger partial charge < -0.3 is 0 Å². The van der Waals surface area contributed by atoms with E-state index in [2.05, 4.69) is 166 Å². The molecule has 0 atom stereocenters. The van der Waals surface area contributed by atoms with Crippen molar-refractivity contribution < 1.29 is 0 Å². The van der Waals surface area contributed by atoms with Crippen molar-refractivity contribution in [2.75, 3.05) is 0 Å². The van der Waals surface area contributed by atoms with Crippen molar-refractivity contribution in [1.29, 1.82) is 0 Å². The quantitative estimate of drug-likeness (QED) is 0.146. The lowest BCUT2D eigenvalue weighted by atomic mass is 9.58. The first-order valence-corrected chi connectivity index (χ1v) is 42.6. The van der Waals surface area contributed by atoms with Gasteiger partial charge in [0.15, 0.2) is 0 Å². The summed E-state index contributed by atoms with van der Waals surface area (Å²) in [6, 6.07) is 21.4. The van der Waals surface area contributed by atoms with E-state index in [1.165, 1.54) is 43.1 Å². The third kappa shape index (κ3) is 4.77. The van der Waals surface area contributed by atoms with E-state index >= 15 is 0 Å². The topological polar surface area (TPSA) is 0 Å². The molecule has 0 unspecified atom stereocenters. The van der Waals surface area contributed by atoms with Gasteiger partial charge in [-0.1, -0.05) is 173 Å². The van der Waals surface area contributed by atoms with Crippen LogP contribution >= 0.6 is 0 Å². The second-order valence-electron chi connectivity index (χ2n) is 24.6. The molecule has 0 nitrogen and oxygen atoms in total. The van der Waals surface area contributed by atoms with Crippen molar-refractivity contribution >= 4 is 134 Å². The Kier molecular flexibility index (Phi) is 7.24. The average molecular weight is 834 g/mol. The summed E-state index contributed by atoms with van der Waals surface area (Å²) in [5, 5.41) is 29.2. The van der Waals surface area contributed by atoms with Gasteiger partial charge in [0.2, 0.25) is 0 Å². The fraction of sp³-hybridized carbons (Fsp3) is 0.400. The van der Waals surface area contributed by atoms with Crippen LogP contribution in [0.1, 0.15) is 34.1 Å². The summed E-state index contributed by atoms with van der Waals surface area (Å²) in [6.07, 6.45) is 0. The Labute approximate surface area is 342 Å². The van der Waals surface area contributed by atoms with Crippen LogP contribution in [-0.2, 0) is 0 Å². The van der Waals surface area contributed by atoms with Crippen LogP contribution < -0.4 is 20.7 Å². The Bertz CT molecular complexity index is 2630. The van der Waals surface area contributed by atoms with Crippen molar-refractivity contribution in [3.8, 4) is 0 Å². The van der Waals surface area contributed by atoms with Gasteiger partial charge in [-0.3, -0.25) is 0 Å². The third-order valence-corrected chi connectivity index (χ3v) is 27.6. The van der Waals surface area contributed by atoms with Crippen LogP contribution in [0.4, 0.5) is 0 Å². The first kappa shape index (κ1) is 37.7. The van der Waals surface area contributed by atoms with Crippen molar-refractivity contribution in [2.24, 2.45) is 0 Å². The van der Waals surface area contributed by atoms with Crippen molar-refractivity contribution in [3.05, 3.63) is 81.2 Å². The summed E-state index contributed by atoms with van der Waals surface area (Å²) in [5.41, 5.74) is 6.88. The maximum absolute atomic E-state index is 2.67. The van der Waals surface area contributed by atoms with E-state index in [1.54, 1.807) is 64.5 Å². The standard InChI is InChI=1S/C50H64Si6/c1-51(2,3)39-23-31-27-19-35-36(20-28(27)32(31)24-40(39)52(4,5)6)44-43(35)47-45-37-21-29-30(34-26-42(54(10,11)12)41(25-33(29)34)53(7,8)9)22-38(37)46(45)48(44)50(56(16,17)18)49(47)55(13,14)15/h19-26,47-48H,1-18H3. The third-order valence-electron chi connectivity index (χ3n) is 14.4. The smallest absolute Gasteiger partial charge is 0.0730 e. The molecular formula is C50H64Si6. The Morgan fingerprint density at radius 1 is 0.232 bits per heavy atom. The molecule has 0 spiro atoms. The van der Waals surface area contributed by atoms with Crippen molar-refractivity contribution in [1.82, 2.24) is 0 Å². The number of allylic oxidation sites excluding steroid dienone is 2. The minimum atomic E-state index is -1.68. The highest BCUT2D eigenvalue weighted by atomic mass is 28.3. The Morgan fingerprint density at radius 3 is 0.571 bits per heavy atom. The van der Waals surface area contributed by atoms with Gasteiger partial charge in [-0.2, -0.15) is 0 Å². The van der Waals surface area contributed by atoms with Gasteiger partial charge in [0.25, 0.3) is 0 Å². The summed E-state index contributed by atoms with van der Waals surface area (Å²) in [5.74, 6) is 0.874. The molecule has 0 aliphatic heterocycles. The molecule has 0 N–H and O–H groups in total. The molecule has 0 saturated carbocycles. The maximum Gasteiger partial charge on any atom is 0.0774 e. The molecule has 3 aliphatic carbocycles. The Morgan fingerprint density at radius 2 is 0.411 bits per heavy atom. The molecule has 11 rings (SSSR count). The summed E-state index contributed by atoms with van der Waals surface area (Å²) in [4.78, 5) is 0. The predicted molar refractivity (Wildman–Crippen MR) is 272 cm³/mol. The fourth-order valence-corrected chi connectivity index (χ4v) is 28.8. The van der Waals surface area contributed by atoms with E-state index in [9.17, 15) is 0 Å². The van der Waals surface area contributed by atoms with Crippen LogP contribution in [0.5, 0.6) is 0 Å². The number of fused-ring (bicyclic) bond motifs is 10. The molecule has 2 bridgehead atoms. The van der Waals surface area contributed by atoms with Gasteiger partial charge in [-0.25, -0.2) is 0 Å². The highest BCUT2D eigenvalue weighted by molar-refractivity contribution is 6.99. The first-order chi connectivity index (χ1) is 25.6. The molecule has 56 heavy (non-hydrogen) atoms. The average Bonchev–Trinajstić information content (AvgIpc) is 3.01. The Balaban J connectivity index is 1.25. The van der Waals surface area contributed by atoms with Gasteiger partial charge in [0, 0.05) is 11.8 Å². The van der Waals surface area contributed by atoms with Crippen LogP contribution in [0.15, 0.2) is 58.9 Å². The molecule has 0 amide bonds. The van der Waals surface area contributed by atoms with Gasteiger partial charge in [-0.05, 0) is 111 Å². The van der Waals surface area contributed by atoms with Crippen LogP contribution in [-0.4, -0.2) is 48.4 Å². The fourth-order valence-electron chi connectivity index (χ4n) is 12.0. The zero-order valence-corrected chi connectivity index (χ0v) is 43.8. The molecule has 8 aromatic carbocycles. The van der Waals surface area contributed by atoms with Gasteiger partial charge in [-0.15, -0.1) is 0 Å². The second-order valence-corrected chi connectivity index (χ2v) is 54.9. The number of hydrogen-bond acceptors (Lipinski definition) is 0. The monoisotopic (exact) mass is 832 g/mol. The molecule has 8 aromatic rings. The molecule has 0 saturated heterocycles. The SMILES string of the molecule is C[Si](C)(C)C1=C([Si](C)(C)C)C2c3c(c4cc5c6cc([Si](C)(C)C)c([Si](C)(C)C)cc6c5cc34)C1c1c2c2cc3c4cc([Si](C)(C)C)c([Si](C)(C)C)cc4c3cc12. The molecule has 3 aliphatic rings. The number of benzene rings is 4. The minimum absolute atomic E-state index is 0.437. The first-order valence-electron chi connectivity index (χ1n) is 21.6. The Hall–Kier alpha value is -2.60.